The van der Waals surface area contributed by atoms with Gasteiger partial charge in [-0.1, -0.05) is 48.5 Å². The van der Waals surface area contributed by atoms with Gasteiger partial charge in [-0.05, 0) is 24.5 Å². The summed E-state index contributed by atoms with van der Waals surface area (Å²) in [5.41, 5.74) is 3.65. The number of carbonyl (C=O) groups is 1. The molecule has 0 radical (unpaired) electrons. The van der Waals surface area contributed by atoms with Gasteiger partial charge in [-0.2, -0.15) is 0 Å². The molecule has 2 aliphatic rings. The lowest BCUT2D eigenvalue weighted by atomic mass is 9.76. The van der Waals surface area contributed by atoms with Crippen molar-refractivity contribution in [1.82, 2.24) is 4.98 Å². The van der Waals surface area contributed by atoms with Crippen LogP contribution in [0, 0.1) is 0 Å². The third-order valence-electron chi connectivity index (χ3n) is 5.73. The average molecular weight is 360 g/mol. The Bertz CT molecular complexity index is 974. The minimum atomic E-state index is -0.137. The van der Waals surface area contributed by atoms with Gasteiger partial charge in [0.05, 0.1) is 0 Å². The third-order valence-corrected chi connectivity index (χ3v) is 5.73. The molecule has 1 saturated heterocycles. The van der Waals surface area contributed by atoms with Crippen molar-refractivity contribution >= 4 is 11.6 Å². The fraction of sp³-hybridized carbons (Fsp3) is 0.273. The number of benzene rings is 2. The molecular weight excluding hydrogens is 340 g/mol. The number of nitrogens with zero attached hydrogens (tertiary/aromatic N) is 2. The van der Waals surface area contributed by atoms with Crippen molar-refractivity contribution in [3.05, 3.63) is 72.3 Å². The van der Waals surface area contributed by atoms with Crippen LogP contribution in [0.5, 0.6) is 0 Å². The minimum Gasteiger partial charge on any atom is -0.438 e. The summed E-state index contributed by atoms with van der Waals surface area (Å²) in [6, 6.07) is 17.9. The van der Waals surface area contributed by atoms with E-state index in [2.05, 4.69) is 11.1 Å². The minimum absolute atomic E-state index is 0.0303. The molecule has 5 heteroatoms. The van der Waals surface area contributed by atoms with E-state index in [0.29, 0.717) is 18.0 Å². The highest BCUT2D eigenvalue weighted by Gasteiger charge is 2.46. The Labute approximate surface area is 157 Å². The molecule has 5 rings (SSSR count). The molecule has 0 atom stereocenters. The molecule has 136 valence electrons. The molecule has 3 aromatic rings. The van der Waals surface area contributed by atoms with Crippen molar-refractivity contribution < 1.29 is 13.9 Å². The van der Waals surface area contributed by atoms with Crippen LogP contribution in [0.1, 0.15) is 29.0 Å². The van der Waals surface area contributed by atoms with Crippen LogP contribution in [-0.4, -0.2) is 30.6 Å². The maximum Gasteiger partial charge on any atom is 0.296 e. The number of hydrogen-bond donors (Lipinski definition) is 0. The Morgan fingerprint density at radius 2 is 1.74 bits per heavy atom. The predicted octanol–water partition coefficient (Wildman–Crippen LogP) is 4.05. The zero-order chi connectivity index (χ0) is 18.3. The first-order chi connectivity index (χ1) is 13.3. The summed E-state index contributed by atoms with van der Waals surface area (Å²) in [7, 11) is 0. The van der Waals surface area contributed by atoms with E-state index in [1.54, 1.807) is 0 Å². The third kappa shape index (κ3) is 2.58. The van der Waals surface area contributed by atoms with Crippen LogP contribution in [0.15, 0.2) is 65.4 Å². The molecular formula is C22H20N2O3. The summed E-state index contributed by atoms with van der Waals surface area (Å²) in [5.74, 6) is 0.155. The lowest BCUT2D eigenvalue weighted by Crippen LogP contribution is -2.40. The molecule has 27 heavy (non-hydrogen) atoms. The fourth-order valence-electron chi connectivity index (χ4n) is 4.32. The van der Waals surface area contributed by atoms with Gasteiger partial charge in [0.2, 0.25) is 5.76 Å². The second-order valence-electron chi connectivity index (χ2n) is 7.20. The van der Waals surface area contributed by atoms with Gasteiger partial charge >= 0.3 is 0 Å². The SMILES string of the molecule is O=C(c1ocnc1-c1ccccc1)N1CC2(CCOCC2)c2ccccc21. The summed E-state index contributed by atoms with van der Waals surface area (Å²) < 4.78 is 11.1. The molecule has 0 N–H and O–H groups in total. The Balaban J connectivity index is 1.55. The number of oxazole rings is 1. The Hall–Kier alpha value is -2.92. The average Bonchev–Trinajstić information content (AvgIpc) is 3.33. The van der Waals surface area contributed by atoms with Gasteiger partial charge in [0.25, 0.3) is 5.91 Å². The van der Waals surface area contributed by atoms with Crippen molar-refractivity contribution in [2.75, 3.05) is 24.7 Å². The first-order valence-electron chi connectivity index (χ1n) is 9.27. The second kappa shape index (κ2) is 6.35. The monoisotopic (exact) mass is 360 g/mol. The van der Waals surface area contributed by atoms with E-state index in [0.717, 1.165) is 37.3 Å². The van der Waals surface area contributed by atoms with Gasteiger partial charge in [0.1, 0.15) is 5.69 Å². The predicted molar refractivity (Wildman–Crippen MR) is 102 cm³/mol. The molecule has 1 aromatic heterocycles. The quantitative estimate of drug-likeness (QED) is 0.692. The van der Waals surface area contributed by atoms with E-state index in [1.807, 2.05) is 53.4 Å². The number of para-hydroxylation sites is 1. The number of aromatic nitrogens is 1. The van der Waals surface area contributed by atoms with E-state index in [4.69, 9.17) is 9.15 Å². The van der Waals surface area contributed by atoms with E-state index < -0.39 is 0 Å². The smallest absolute Gasteiger partial charge is 0.296 e. The summed E-state index contributed by atoms with van der Waals surface area (Å²) >= 11 is 0. The first-order valence-corrected chi connectivity index (χ1v) is 9.27. The highest BCUT2D eigenvalue weighted by Crippen LogP contribution is 2.47. The molecule has 0 saturated carbocycles. The summed E-state index contributed by atoms with van der Waals surface area (Å²) in [4.78, 5) is 19.6. The second-order valence-corrected chi connectivity index (χ2v) is 7.20. The zero-order valence-corrected chi connectivity index (χ0v) is 14.9. The van der Waals surface area contributed by atoms with E-state index in [-0.39, 0.29) is 11.3 Å². The maximum absolute atomic E-state index is 13.5. The van der Waals surface area contributed by atoms with Crippen LogP contribution in [0.4, 0.5) is 5.69 Å². The van der Waals surface area contributed by atoms with Gasteiger partial charge in [-0.25, -0.2) is 4.98 Å². The molecule has 0 aliphatic carbocycles. The first kappa shape index (κ1) is 16.3. The van der Waals surface area contributed by atoms with Crippen LogP contribution in [0.3, 0.4) is 0 Å². The van der Waals surface area contributed by atoms with Crippen molar-refractivity contribution in [3.8, 4) is 11.3 Å². The van der Waals surface area contributed by atoms with Gasteiger partial charge in [0, 0.05) is 36.4 Å². The summed E-state index contributed by atoms with van der Waals surface area (Å²) in [6.07, 6.45) is 3.20. The lowest BCUT2D eigenvalue weighted by molar-refractivity contribution is 0.0546. The van der Waals surface area contributed by atoms with Crippen LogP contribution < -0.4 is 4.90 Å². The molecule has 5 nitrogen and oxygen atoms in total. The normalized spacial score (nSPS) is 17.9. The van der Waals surface area contributed by atoms with Crippen molar-refractivity contribution in [2.24, 2.45) is 0 Å². The highest BCUT2D eigenvalue weighted by molar-refractivity contribution is 6.09. The number of carbonyl (C=O) groups excluding carboxylic acids is 1. The number of anilines is 1. The Morgan fingerprint density at radius 3 is 2.56 bits per heavy atom. The van der Waals surface area contributed by atoms with Gasteiger partial charge in [0.15, 0.2) is 6.39 Å². The number of hydrogen-bond acceptors (Lipinski definition) is 4. The number of ether oxygens (including phenoxy) is 1. The topological polar surface area (TPSA) is 55.6 Å². The standard InChI is InChI=1S/C22H20N2O3/c25-21(20-19(23-15-27-20)16-6-2-1-3-7-16)24-14-22(10-12-26-13-11-22)17-8-4-5-9-18(17)24/h1-9,15H,10-14H2. The van der Waals surface area contributed by atoms with Gasteiger partial charge < -0.3 is 14.1 Å². The van der Waals surface area contributed by atoms with Crippen LogP contribution in [-0.2, 0) is 10.2 Å². The molecule has 2 aliphatic heterocycles. The Kier molecular flexibility index (Phi) is 3.83. The lowest BCUT2D eigenvalue weighted by Gasteiger charge is -2.34. The van der Waals surface area contributed by atoms with Crippen molar-refractivity contribution in [1.29, 1.82) is 0 Å². The fourth-order valence-corrected chi connectivity index (χ4v) is 4.32. The van der Waals surface area contributed by atoms with Crippen LogP contribution in [0.25, 0.3) is 11.3 Å². The van der Waals surface area contributed by atoms with Gasteiger partial charge in [-0.15, -0.1) is 0 Å². The van der Waals surface area contributed by atoms with E-state index in [9.17, 15) is 4.79 Å². The van der Waals surface area contributed by atoms with E-state index >= 15 is 0 Å². The van der Waals surface area contributed by atoms with Crippen LogP contribution in [0.2, 0.25) is 0 Å². The molecule has 0 unspecified atom stereocenters. The zero-order valence-electron chi connectivity index (χ0n) is 14.9. The van der Waals surface area contributed by atoms with Crippen molar-refractivity contribution in [3.63, 3.8) is 0 Å². The van der Waals surface area contributed by atoms with Crippen molar-refractivity contribution in [2.45, 2.75) is 18.3 Å². The molecule has 0 bridgehead atoms. The molecule has 1 amide bonds. The molecule has 2 aromatic carbocycles. The summed E-state index contributed by atoms with van der Waals surface area (Å²) in [5, 5.41) is 0. The molecule has 1 spiro atoms. The number of fused-ring (bicyclic) bond motifs is 2. The summed E-state index contributed by atoms with van der Waals surface area (Å²) in [6.45, 7) is 2.12. The van der Waals surface area contributed by atoms with E-state index in [1.165, 1.54) is 12.0 Å². The van der Waals surface area contributed by atoms with Crippen LogP contribution >= 0.6 is 0 Å². The maximum atomic E-state index is 13.5. The largest absolute Gasteiger partial charge is 0.438 e. The Morgan fingerprint density at radius 1 is 1.00 bits per heavy atom. The van der Waals surface area contributed by atoms with Gasteiger partial charge in [-0.3, -0.25) is 4.79 Å². The number of amides is 1. The highest BCUT2D eigenvalue weighted by atomic mass is 16.5. The molecule has 1 fully saturated rings. The molecule has 3 heterocycles. The number of rotatable bonds is 2.